The molecule has 2 N–H and O–H groups in total. The summed E-state index contributed by atoms with van der Waals surface area (Å²) in [5.41, 5.74) is 2.94. The number of carbonyl (C=O) groups excluding carboxylic acids is 2. The number of amides is 2. The molecule has 4 aromatic rings. The van der Waals surface area contributed by atoms with E-state index in [-0.39, 0.29) is 25.2 Å². The molecule has 9 nitrogen and oxygen atoms in total. The highest BCUT2D eigenvalue weighted by atomic mass is 32.1. The summed E-state index contributed by atoms with van der Waals surface area (Å²) in [5, 5.41) is 12.7. The lowest BCUT2D eigenvalue weighted by Gasteiger charge is -2.04. The second-order valence-corrected chi connectivity index (χ2v) is 8.56. The summed E-state index contributed by atoms with van der Waals surface area (Å²) in [6.45, 7) is 0.520. The third-order valence-electron chi connectivity index (χ3n) is 5.10. The number of rotatable bonds is 8. The fourth-order valence-electron chi connectivity index (χ4n) is 3.43. The van der Waals surface area contributed by atoms with Crippen molar-refractivity contribution in [2.45, 2.75) is 19.5 Å². The molecule has 2 aromatic carbocycles. The van der Waals surface area contributed by atoms with Gasteiger partial charge in [-0.05, 0) is 23.8 Å². The van der Waals surface area contributed by atoms with Crippen molar-refractivity contribution in [3.05, 3.63) is 88.1 Å². The van der Waals surface area contributed by atoms with E-state index in [1.807, 2.05) is 23.6 Å². The van der Waals surface area contributed by atoms with Gasteiger partial charge in [-0.25, -0.2) is 4.98 Å². The summed E-state index contributed by atoms with van der Waals surface area (Å²) in [6.07, 6.45) is 3.87. The van der Waals surface area contributed by atoms with Crippen LogP contribution in [0.3, 0.4) is 0 Å². The molecular formula is C24H21N5O4S. The Labute approximate surface area is 199 Å². The van der Waals surface area contributed by atoms with Gasteiger partial charge in [0.1, 0.15) is 6.54 Å². The fraction of sp³-hybridized carbons (Fsp3) is 0.167. The molecule has 0 spiro atoms. The maximum atomic E-state index is 12.5. The van der Waals surface area contributed by atoms with Gasteiger partial charge < -0.3 is 20.1 Å². The number of fused-ring (bicyclic) bond motifs is 1. The first-order valence-electron chi connectivity index (χ1n) is 10.6. The molecule has 10 heteroatoms. The van der Waals surface area contributed by atoms with E-state index >= 15 is 0 Å². The zero-order valence-electron chi connectivity index (χ0n) is 18.1. The lowest BCUT2D eigenvalue weighted by molar-refractivity contribution is -0.122. The standard InChI is InChI=1S/C24H21N5O4S/c30-22(25-10-19-14-34-23(27-19)8-16-4-2-1-3-5-16)13-29-12-18(11-26-29)28-24(31)17-6-7-20-21(9-17)33-15-32-20/h1-7,9,11-12,14H,8,10,13,15H2,(H,25,30)(H,28,31). The molecule has 2 amide bonds. The van der Waals surface area contributed by atoms with Gasteiger partial charge in [0.15, 0.2) is 11.5 Å². The van der Waals surface area contributed by atoms with Crippen LogP contribution < -0.4 is 20.1 Å². The Bertz CT molecular complexity index is 1320. The molecule has 3 heterocycles. The van der Waals surface area contributed by atoms with Gasteiger partial charge in [-0.1, -0.05) is 30.3 Å². The monoisotopic (exact) mass is 475 g/mol. The van der Waals surface area contributed by atoms with Crippen LogP contribution in [0.2, 0.25) is 0 Å². The van der Waals surface area contributed by atoms with Gasteiger partial charge in [0, 0.05) is 23.6 Å². The lowest BCUT2D eigenvalue weighted by Crippen LogP contribution is -2.27. The average molecular weight is 476 g/mol. The van der Waals surface area contributed by atoms with Crippen LogP contribution in [0.4, 0.5) is 5.69 Å². The minimum Gasteiger partial charge on any atom is -0.454 e. The number of thiazole rings is 1. The molecule has 34 heavy (non-hydrogen) atoms. The van der Waals surface area contributed by atoms with Crippen molar-refractivity contribution in [3.63, 3.8) is 0 Å². The maximum Gasteiger partial charge on any atom is 0.255 e. The summed E-state index contributed by atoms with van der Waals surface area (Å²) < 4.78 is 12.0. The summed E-state index contributed by atoms with van der Waals surface area (Å²) in [6, 6.07) is 15.1. The van der Waals surface area contributed by atoms with E-state index in [1.54, 1.807) is 35.7 Å². The number of ether oxygens (including phenoxy) is 2. The van der Waals surface area contributed by atoms with Crippen molar-refractivity contribution in [1.82, 2.24) is 20.1 Å². The van der Waals surface area contributed by atoms with Crippen LogP contribution in [0.15, 0.2) is 66.3 Å². The molecule has 0 atom stereocenters. The van der Waals surface area contributed by atoms with Crippen molar-refractivity contribution in [3.8, 4) is 11.5 Å². The van der Waals surface area contributed by atoms with Crippen LogP contribution in [0, 0.1) is 0 Å². The predicted octanol–water partition coefficient (Wildman–Crippen LogP) is 3.23. The topological polar surface area (TPSA) is 107 Å². The van der Waals surface area contributed by atoms with E-state index in [0.717, 1.165) is 17.1 Å². The maximum absolute atomic E-state index is 12.5. The Morgan fingerprint density at radius 1 is 1.09 bits per heavy atom. The molecule has 0 fully saturated rings. The zero-order valence-corrected chi connectivity index (χ0v) is 18.9. The molecule has 2 aromatic heterocycles. The Morgan fingerprint density at radius 3 is 2.82 bits per heavy atom. The predicted molar refractivity (Wildman–Crippen MR) is 126 cm³/mol. The smallest absolute Gasteiger partial charge is 0.255 e. The van der Waals surface area contributed by atoms with E-state index in [1.165, 1.54) is 16.4 Å². The van der Waals surface area contributed by atoms with E-state index in [4.69, 9.17) is 9.47 Å². The Kier molecular flexibility index (Phi) is 6.21. The van der Waals surface area contributed by atoms with Gasteiger partial charge in [0.2, 0.25) is 12.7 Å². The molecule has 0 saturated heterocycles. The first-order valence-corrected chi connectivity index (χ1v) is 11.5. The molecule has 5 rings (SSSR count). The number of hydrogen-bond acceptors (Lipinski definition) is 7. The van der Waals surface area contributed by atoms with Crippen molar-refractivity contribution in [2.75, 3.05) is 12.1 Å². The Hall–Kier alpha value is -4.18. The SMILES string of the molecule is O=C(Cn1cc(NC(=O)c2ccc3c(c2)OCO3)cn1)NCc1csc(Cc2ccccc2)n1. The number of nitrogens with zero attached hydrogens (tertiary/aromatic N) is 3. The average Bonchev–Trinajstić information content (AvgIpc) is 3.59. The van der Waals surface area contributed by atoms with Crippen LogP contribution >= 0.6 is 11.3 Å². The molecule has 0 unspecified atom stereocenters. The summed E-state index contributed by atoms with van der Waals surface area (Å²) in [4.78, 5) is 29.4. The molecule has 1 aliphatic heterocycles. The van der Waals surface area contributed by atoms with E-state index in [9.17, 15) is 9.59 Å². The molecule has 1 aliphatic rings. The molecule has 0 radical (unpaired) electrons. The summed E-state index contributed by atoms with van der Waals surface area (Å²) in [5.74, 6) is 0.638. The van der Waals surface area contributed by atoms with Crippen LogP contribution in [-0.2, 0) is 24.3 Å². The van der Waals surface area contributed by atoms with E-state index in [2.05, 4.69) is 32.8 Å². The normalized spacial score (nSPS) is 11.9. The molecule has 172 valence electrons. The van der Waals surface area contributed by atoms with Crippen LogP contribution in [-0.4, -0.2) is 33.4 Å². The molecule has 0 aliphatic carbocycles. The van der Waals surface area contributed by atoms with Gasteiger partial charge in [0.25, 0.3) is 5.91 Å². The van der Waals surface area contributed by atoms with Gasteiger partial charge in [0.05, 0.1) is 29.1 Å². The van der Waals surface area contributed by atoms with Crippen LogP contribution in [0.25, 0.3) is 0 Å². The Balaban J connectivity index is 1.10. The molecule has 0 bridgehead atoms. The van der Waals surface area contributed by atoms with E-state index < -0.39 is 0 Å². The molecule has 0 saturated carbocycles. The van der Waals surface area contributed by atoms with E-state index in [0.29, 0.717) is 29.3 Å². The first kappa shape index (κ1) is 21.7. The highest BCUT2D eigenvalue weighted by molar-refractivity contribution is 7.09. The highest BCUT2D eigenvalue weighted by Crippen LogP contribution is 2.32. The third kappa shape index (κ3) is 5.24. The second kappa shape index (κ2) is 9.75. The third-order valence-corrected chi connectivity index (χ3v) is 5.99. The summed E-state index contributed by atoms with van der Waals surface area (Å²) >= 11 is 1.58. The van der Waals surface area contributed by atoms with Crippen molar-refractivity contribution >= 4 is 28.8 Å². The van der Waals surface area contributed by atoms with Crippen LogP contribution in [0.5, 0.6) is 11.5 Å². The van der Waals surface area contributed by atoms with Gasteiger partial charge in [-0.2, -0.15) is 5.10 Å². The Morgan fingerprint density at radius 2 is 1.94 bits per heavy atom. The number of hydrogen-bond donors (Lipinski definition) is 2. The number of nitrogens with one attached hydrogen (secondary N) is 2. The quantitative estimate of drug-likeness (QED) is 0.405. The fourth-order valence-corrected chi connectivity index (χ4v) is 4.26. The van der Waals surface area contributed by atoms with Gasteiger partial charge >= 0.3 is 0 Å². The molecular weight excluding hydrogens is 454 g/mol. The van der Waals surface area contributed by atoms with Gasteiger partial charge in [-0.3, -0.25) is 14.3 Å². The van der Waals surface area contributed by atoms with Crippen molar-refractivity contribution in [2.24, 2.45) is 0 Å². The zero-order chi connectivity index (χ0) is 23.3. The largest absolute Gasteiger partial charge is 0.454 e. The summed E-state index contributed by atoms with van der Waals surface area (Å²) in [7, 11) is 0. The number of benzene rings is 2. The second-order valence-electron chi connectivity index (χ2n) is 7.62. The number of carbonyl (C=O) groups is 2. The first-order chi connectivity index (χ1) is 16.6. The minimum atomic E-state index is -0.308. The van der Waals surface area contributed by atoms with Crippen molar-refractivity contribution < 1.29 is 19.1 Å². The number of anilines is 1. The minimum absolute atomic E-state index is 0.0287. The van der Waals surface area contributed by atoms with Gasteiger partial charge in [-0.15, -0.1) is 11.3 Å². The number of aromatic nitrogens is 3. The van der Waals surface area contributed by atoms with Crippen molar-refractivity contribution in [1.29, 1.82) is 0 Å². The highest BCUT2D eigenvalue weighted by Gasteiger charge is 2.17. The lowest BCUT2D eigenvalue weighted by atomic mass is 10.2. The van der Waals surface area contributed by atoms with Crippen LogP contribution in [0.1, 0.15) is 26.6 Å².